The molecule has 0 radical (unpaired) electrons. The Bertz CT molecular complexity index is 540. The summed E-state index contributed by atoms with van der Waals surface area (Å²) < 4.78 is 6.07. The molecule has 1 aliphatic rings. The monoisotopic (exact) mass is 337 g/mol. The summed E-state index contributed by atoms with van der Waals surface area (Å²) in [5.74, 6) is 2.30. The predicted molar refractivity (Wildman–Crippen MR) is 78.7 cm³/mol. The van der Waals surface area contributed by atoms with Crippen molar-refractivity contribution in [1.29, 1.82) is 0 Å². The molecule has 106 valence electrons. The first-order valence-corrected chi connectivity index (χ1v) is 7.07. The van der Waals surface area contributed by atoms with E-state index in [1.807, 2.05) is 24.3 Å². The molecule has 0 spiro atoms. The summed E-state index contributed by atoms with van der Waals surface area (Å²) in [5.41, 5.74) is 0.980. The highest BCUT2D eigenvalue weighted by atomic mass is 79.9. The van der Waals surface area contributed by atoms with Gasteiger partial charge in [0, 0.05) is 24.5 Å². The Balaban J connectivity index is 2.15. The van der Waals surface area contributed by atoms with E-state index in [0.717, 1.165) is 10.0 Å². The van der Waals surface area contributed by atoms with Crippen molar-refractivity contribution in [2.45, 2.75) is 31.2 Å². The molecule has 1 aromatic rings. The van der Waals surface area contributed by atoms with E-state index in [-0.39, 0.29) is 12.3 Å². The second-order valence-corrected chi connectivity index (χ2v) is 5.53. The minimum Gasteiger partial charge on any atom is -0.390 e. The van der Waals surface area contributed by atoms with Crippen LogP contribution in [0.3, 0.4) is 0 Å². The molecular weight excluding hydrogens is 322 g/mol. The average Bonchev–Trinajstić information content (AvgIpc) is 2.43. The third kappa shape index (κ3) is 2.73. The fourth-order valence-corrected chi connectivity index (χ4v) is 2.83. The first-order valence-electron chi connectivity index (χ1n) is 6.28. The van der Waals surface area contributed by atoms with Crippen LogP contribution in [0.1, 0.15) is 12.0 Å². The molecule has 1 N–H and O–H groups in total. The van der Waals surface area contributed by atoms with E-state index in [1.54, 1.807) is 4.90 Å². The van der Waals surface area contributed by atoms with Crippen molar-refractivity contribution in [2.75, 3.05) is 7.11 Å². The standard InChI is InChI=1S/C15H16BrNO3/c1-3-6-12(18)13-14(20-2)15(19)17(13)9-10-7-4-5-8-11(10)16/h1,4-5,7-8,12-14,18H,6,9H2,2H3/t12-,13+,14-/m1/s1. The number of halogens is 1. The van der Waals surface area contributed by atoms with Gasteiger partial charge in [-0.3, -0.25) is 4.79 Å². The smallest absolute Gasteiger partial charge is 0.254 e. The molecule has 1 aliphatic heterocycles. The molecule has 1 fully saturated rings. The highest BCUT2D eigenvalue weighted by molar-refractivity contribution is 9.10. The number of carbonyl (C=O) groups excluding carboxylic acids is 1. The first kappa shape index (κ1) is 15.0. The molecule has 20 heavy (non-hydrogen) atoms. The molecule has 4 nitrogen and oxygen atoms in total. The second-order valence-electron chi connectivity index (χ2n) is 4.68. The Morgan fingerprint density at radius 3 is 2.85 bits per heavy atom. The number of carbonyl (C=O) groups is 1. The van der Waals surface area contributed by atoms with Crippen LogP contribution in [0.2, 0.25) is 0 Å². The number of methoxy groups -OCH3 is 1. The topological polar surface area (TPSA) is 49.8 Å². The van der Waals surface area contributed by atoms with Crippen LogP contribution in [0.15, 0.2) is 28.7 Å². The van der Waals surface area contributed by atoms with Crippen LogP contribution < -0.4 is 0 Å². The van der Waals surface area contributed by atoms with E-state index in [9.17, 15) is 9.90 Å². The number of rotatable bonds is 5. The molecule has 0 unspecified atom stereocenters. The van der Waals surface area contributed by atoms with Gasteiger partial charge in [0.2, 0.25) is 0 Å². The highest BCUT2D eigenvalue weighted by Gasteiger charge is 2.50. The molecule has 1 aromatic carbocycles. The Hall–Kier alpha value is -1.35. The van der Waals surface area contributed by atoms with Crippen molar-refractivity contribution in [1.82, 2.24) is 4.90 Å². The fourth-order valence-electron chi connectivity index (χ4n) is 2.42. The van der Waals surface area contributed by atoms with Crippen molar-refractivity contribution < 1.29 is 14.6 Å². The predicted octanol–water partition coefficient (Wildman–Crippen LogP) is 1.56. The third-order valence-electron chi connectivity index (χ3n) is 3.47. The molecule has 1 saturated heterocycles. The molecule has 0 saturated carbocycles. The Kier molecular flexibility index (Phi) is 4.81. The number of terminal acetylenes is 1. The first-order chi connectivity index (χ1) is 9.60. The van der Waals surface area contributed by atoms with Gasteiger partial charge in [0.15, 0.2) is 6.10 Å². The minimum absolute atomic E-state index is 0.121. The lowest BCUT2D eigenvalue weighted by Crippen LogP contribution is -2.69. The zero-order chi connectivity index (χ0) is 14.7. The summed E-state index contributed by atoms with van der Waals surface area (Å²) in [5, 5.41) is 10.1. The maximum atomic E-state index is 12.1. The number of likely N-dealkylation sites (tertiary alicyclic amines) is 1. The molecule has 2 rings (SSSR count). The van der Waals surface area contributed by atoms with Crippen molar-refractivity contribution in [3.05, 3.63) is 34.3 Å². The fraction of sp³-hybridized carbons (Fsp3) is 0.400. The lowest BCUT2D eigenvalue weighted by molar-refractivity contribution is -0.182. The van der Waals surface area contributed by atoms with Crippen molar-refractivity contribution >= 4 is 21.8 Å². The molecule has 1 amide bonds. The van der Waals surface area contributed by atoms with Crippen molar-refractivity contribution in [2.24, 2.45) is 0 Å². The SMILES string of the molecule is C#CC[C@@H](O)[C@H]1[C@@H](OC)C(=O)N1Cc1ccccc1Br. The second kappa shape index (κ2) is 6.40. The molecule has 0 aromatic heterocycles. The summed E-state index contributed by atoms with van der Waals surface area (Å²) in [6, 6.07) is 7.28. The lowest BCUT2D eigenvalue weighted by Gasteiger charge is -2.48. The lowest BCUT2D eigenvalue weighted by atomic mass is 9.90. The molecule has 1 heterocycles. The molecule has 0 bridgehead atoms. The molecular formula is C15H16BrNO3. The summed E-state index contributed by atoms with van der Waals surface area (Å²) in [6.07, 6.45) is 4.04. The van der Waals surface area contributed by atoms with E-state index in [4.69, 9.17) is 11.2 Å². The maximum Gasteiger partial charge on any atom is 0.254 e. The van der Waals surface area contributed by atoms with Gasteiger partial charge in [-0.1, -0.05) is 34.1 Å². The van der Waals surface area contributed by atoms with Gasteiger partial charge in [0.05, 0.1) is 12.1 Å². The van der Waals surface area contributed by atoms with Crippen LogP contribution in [0.25, 0.3) is 0 Å². The van der Waals surface area contributed by atoms with Crippen molar-refractivity contribution in [3.63, 3.8) is 0 Å². The summed E-state index contributed by atoms with van der Waals surface area (Å²) in [4.78, 5) is 13.7. The van der Waals surface area contributed by atoms with Gasteiger partial charge in [0.1, 0.15) is 0 Å². The van der Waals surface area contributed by atoms with Crippen LogP contribution in [0.5, 0.6) is 0 Å². The zero-order valence-corrected chi connectivity index (χ0v) is 12.7. The summed E-state index contributed by atoms with van der Waals surface area (Å²) >= 11 is 3.45. The van der Waals surface area contributed by atoms with Gasteiger partial charge in [-0.2, -0.15) is 0 Å². The van der Waals surface area contributed by atoms with Crippen LogP contribution in [0.4, 0.5) is 0 Å². The average molecular weight is 338 g/mol. The normalized spacial score (nSPS) is 23.1. The summed E-state index contributed by atoms with van der Waals surface area (Å²) in [6.45, 7) is 0.423. The maximum absolute atomic E-state index is 12.1. The van der Waals surface area contributed by atoms with Crippen LogP contribution in [-0.4, -0.2) is 41.3 Å². The van der Waals surface area contributed by atoms with Gasteiger partial charge >= 0.3 is 0 Å². The van der Waals surface area contributed by atoms with Crippen LogP contribution in [-0.2, 0) is 16.1 Å². The molecule has 5 heteroatoms. The quantitative estimate of drug-likeness (QED) is 0.655. The zero-order valence-electron chi connectivity index (χ0n) is 11.1. The van der Waals surface area contributed by atoms with E-state index in [1.165, 1.54) is 7.11 Å². The van der Waals surface area contributed by atoms with Gasteiger partial charge in [0.25, 0.3) is 5.91 Å². The van der Waals surface area contributed by atoms with E-state index in [0.29, 0.717) is 6.54 Å². The van der Waals surface area contributed by atoms with E-state index in [2.05, 4.69) is 21.9 Å². The number of nitrogens with zero attached hydrogens (tertiary/aromatic N) is 1. The number of β-lactam (4-membered cyclic amide) rings is 1. The van der Waals surface area contributed by atoms with Gasteiger partial charge in [-0.15, -0.1) is 12.3 Å². The largest absolute Gasteiger partial charge is 0.390 e. The van der Waals surface area contributed by atoms with Crippen molar-refractivity contribution in [3.8, 4) is 12.3 Å². The van der Waals surface area contributed by atoms with Crippen LogP contribution in [0, 0.1) is 12.3 Å². The number of aliphatic hydroxyl groups excluding tert-OH is 1. The number of benzene rings is 1. The molecule has 3 atom stereocenters. The number of amides is 1. The third-order valence-corrected chi connectivity index (χ3v) is 4.24. The minimum atomic E-state index is -0.773. The summed E-state index contributed by atoms with van der Waals surface area (Å²) in [7, 11) is 1.47. The Morgan fingerprint density at radius 2 is 2.25 bits per heavy atom. The Morgan fingerprint density at radius 1 is 1.55 bits per heavy atom. The van der Waals surface area contributed by atoms with E-state index < -0.39 is 18.2 Å². The number of hydrogen-bond donors (Lipinski definition) is 1. The van der Waals surface area contributed by atoms with Gasteiger partial charge < -0.3 is 14.7 Å². The van der Waals surface area contributed by atoms with Crippen LogP contribution >= 0.6 is 15.9 Å². The number of hydrogen-bond acceptors (Lipinski definition) is 3. The Labute approximate surface area is 126 Å². The molecule has 0 aliphatic carbocycles. The number of aliphatic hydroxyl groups is 1. The van der Waals surface area contributed by atoms with Gasteiger partial charge in [-0.25, -0.2) is 0 Å². The van der Waals surface area contributed by atoms with Gasteiger partial charge in [-0.05, 0) is 11.6 Å². The number of ether oxygens (including phenoxy) is 1. The van der Waals surface area contributed by atoms with E-state index >= 15 is 0 Å². The highest BCUT2D eigenvalue weighted by Crippen LogP contribution is 2.30.